The Morgan fingerprint density at radius 3 is 2.71 bits per heavy atom. The molecule has 1 aliphatic rings. The Bertz CT molecular complexity index is 481. The lowest BCUT2D eigenvalue weighted by atomic mass is 10.2. The zero-order valence-corrected chi connectivity index (χ0v) is 13.1. The Morgan fingerprint density at radius 2 is 2.10 bits per heavy atom. The first-order valence-corrected chi connectivity index (χ1v) is 7.34. The Hall–Kier alpha value is -1.63. The van der Waals surface area contributed by atoms with Crippen LogP contribution in [0.3, 0.4) is 0 Å². The number of amides is 1. The van der Waals surface area contributed by atoms with Gasteiger partial charge >= 0.3 is 6.09 Å². The van der Waals surface area contributed by atoms with Crippen molar-refractivity contribution in [3.8, 4) is 0 Å². The fraction of sp³-hybridized carbons (Fsp3) is 0.786. The first-order valence-electron chi connectivity index (χ1n) is 7.34. The summed E-state index contributed by atoms with van der Waals surface area (Å²) in [5.41, 5.74) is -0.462. The fourth-order valence-electron chi connectivity index (χ4n) is 2.42. The molecule has 2 unspecified atom stereocenters. The topological polar surface area (TPSA) is 89.3 Å². The normalized spacial score (nSPS) is 22.3. The molecular weight excluding hydrogens is 272 g/mol. The van der Waals surface area contributed by atoms with E-state index in [1.807, 2.05) is 20.8 Å². The number of nitrogens with zero attached hydrogens (tertiary/aromatic N) is 2. The highest BCUT2D eigenvalue weighted by Crippen LogP contribution is 2.20. The maximum atomic E-state index is 11.7. The van der Waals surface area contributed by atoms with Gasteiger partial charge in [-0.15, -0.1) is 0 Å². The first-order chi connectivity index (χ1) is 9.82. The van der Waals surface area contributed by atoms with Crippen LogP contribution in [0.25, 0.3) is 0 Å². The molecule has 0 saturated heterocycles. The number of hydrogen-bond donors (Lipinski definition) is 2. The van der Waals surface area contributed by atoms with Gasteiger partial charge in [0.1, 0.15) is 5.60 Å². The quantitative estimate of drug-likeness (QED) is 0.882. The molecule has 1 heterocycles. The minimum Gasteiger partial charge on any atom is -0.444 e. The molecule has 2 rings (SSSR count). The van der Waals surface area contributed by atoms with Crippen LogP contribution in [0.15, 0.2) is 4.52 Å². The minimum atomic E-state index is -0.462. The van der Waals surface area contributed by atoms with Gasteiger partial charge < -0.3 is 19.9 Å². The van der Waals surface area contributed by atoms with E-state index in [2.05, 4.69) is 20.8 Å². The number of rotatable bonds is 4. The molecule has 1 aliphatic carbocycles. The highest BCUT2D eigenvalue weighted by Gasteiger charge is 2.27. The minimum absolute atomic E-state index is 0.154. The van der Waals surface area contributed by atoms with Crippen molar-refractivity contribution >= 4 is 6.09 Å². The van der Waals surface area contributed by atoms with Gasteiger partial charge in [-0.2, -0.15) is 4.98 Å². The van der Waals surface area contributed by atoms with E-state index in [-0.39, 0.29) is 12.1 Å². The number of ether oxygens (including phenoxy) is 1. The highest BCUT2D eigenvalue weighted by molar-refractivity contribution is 5.68. The van der Waals surface area contributed by atoms with Crippen LogP contribution in [-0.4, -0.2) is 33.9 Å². The lowest BCUT2D eigenvalue weighted by Gasteiger charge is -2.21. The Labute approximate surface area is 124 Å². The van der Waals surface area contributed by atoms with Crippen LogP contribution >= 0.6 is 0 Å². The van der Waals surface area contributed by atoms with Gasteiger partial charge in [0.2, 0.25) is 5.89 Å². The van der Waals surface area contributed by atoms with Crippen molar-refractivity contribution in [2.45, 2.75) is 71.2 Å². The zero-order chi connectivity index (χ0) is 15.5. The van der Waals surface area contributed by atoms with Crippen molar-refractivity contribution in [3.63, 3.8) is 0 Å². The van der Waals surface area contributed by atoms with Crippen molar-refractivity contribution in [2.75, 3.05) is 0 Å². The lowest BCUT2D eigenvalue weighted by molar-refractivity contribution is 0.0505. The second kappa shape index (κ2) is 6.43. The number of hydrogen-bond acceptors (Lipinski definition) is 6. The molecule has 1 aromatic rings. The summed E-state index contributed by atoms with van der Waals surface area (Å²) in [6.07, 6.45) is 2.49. The molecule has 1 fully saturated rings. The molecule has 0 aliphatic heterocycles. The number of carbonyl (C=O) groups excluding carboxylic acids is 1. The molecule has 21 heavy (non-hydrogen) atoms. The van der Waals surface area contributed by atoms with Crippen LogP contribution in [0.1, 0.15) is 51.7 Å². The molecule has 0 spiro atoms. The number of aryl methyl sites for hydroxylation is 1. The maximum absolute atomic E-state index is 11.7. The van der Waals surface area contributed by atoms with Crippen molar-refractivity contribution in [3.05, 3.63) is 11.7 Å². The zero-order valence-electron chi connectivity index (χ0n) is 13.1. The summed E-state index contributed by atoms with van der Waals surface area (Å²) in [5, 5.41) is 10.0. The van der Waals surface area contributed by atoms with Crippen molar-refractivity contribution in [2.24, 2.45) is 0 Å². The van der Waals surface area contributed by atoms with Crippen LogP contribution in [-0.2, 0) is 11.3 Å². The molecule has 1 aromatic heterocycles. The predicted molar refractivity (Wildman–Crippen MR) is 76.7 cm³/mol. The van der Waals surface area contributed by atoms with Gasteiger partial charge in [0.25, 0.3) is 0 Å². The van der Waals surface area contributed by atoms with Gasteiger partial charge in [-0.05, 0) is 47.0 Å². The molecule has 2 N–H and O–H groups in total. The van der Waals surface area contributed by atoms with Gasteiger partial charge in [-0.1, -0.05) is 5.16 Å². The third kappa shape index (κ3) is 5.34. The molecule has 118 valence electrons. The van der Waals surface area contributed by atoms with Gasteiger partial charge in [-0.3, -0.25) is 0 Å². The van der Waals surface area contributed by atoms with Gasteiger partial charge in [0, 0.05) is 12.1 Å². The third-order valence-electron chi connectivity index (χ3n) is 3.27. The second-order valence-corrected chi connectivity index (χ2v) is 6.47. The van der Waals surface area contributed by atoms with Gasteiger partial charge in [0.05, 0.1) is 6.54 Å². The van der Waals surface area contributed by atoms with Crippen molar-refractivity contribution in [1.29, 1.82) is 0 Å². The molecule has 0 aromatic carbocycles. The molecule has 1 amide bonds. The molecule has 0 radical (unpaired) electrons. The van der Waals surface area contributed by atoms with E-state index in [0.717, 1.165) is 19.3 Å². The molecule has 7 heteroatoms. The van der Waals surface area contributed by atoms with E-state index >= 15 is 0 Å². The van der Waals surface area contributed by atoms with Crippen LogP contribution in [0.2, 0.25) is 0 Å². The van der Waals surface area contributed by atoms with E-state index in [9.17, 15) is 4.79 Å². The average Bonchev–Trinajstić information content (AvgIpc) is 2.93. The number of aromatic nitrogens is 2. The summed E-state index contributed by atoms with van der Waals surface area (Å²) < 4.78 is 10.3. The number of alkyl carbamates (subject to hydrolysis) is 1. The summed E-state index contributed by atoms with van der Waals surface area (Å²) >= 11 is 0. The van der Waals surface area contributed by atoms with Crippen LogP contribution < -0.4 is 10.6 Å². The molecule has 7 nitrogen and oxygen atoms in total. The van der Waals surface area contributed by atoms with Crippen molar-refractivity contribution in [1.82, 2.24) is 20.8 Å². The van der Waals surface area contributed by atoms with Crippen LogP contribution in [0, 0.1) is 6.92 Å². The van der Waals surface area contributed by atoms with Crippen molar-refractivity contribution < 1.29 is 14.1 Å². The maximum Gasteiger partial charge on any atom is 0.407 e. The summed E-state index contributed by atoms with van der Waals surface area (Å²) in [6, 6.07) is 0.499. The number of nitrogens with one attached hydrogen (secondary N) is 2. The highest BCUT2D eigenvalue weighted by atomic mass is 16.6. The van der Waals surface area contributed by atoms with Gasteiger partial charge in [0.15, 0.2) is 5.82 Å². The Balaban J connectivity index is 1.70. The van der Waals surface area contributed by atoms with Gasteiger partial charge in [-0.25, -0.2) is 4.79 Å². The van der Waals surface area contributed by atoms with E-state index in [0.29, 0.717) is 24.3 Å². The average molecular weight is 296 g/mol. The summed E-state index contributed by atoms with van der Waals surface area (Å²) in [6.45, 7) is 7.93. The standard InChI is InChI=1S/C14H24N4O3/c1-9-16-12(21-18-9)8-15-10-5-6-11(7-10)17-13(19)20-14(2,3)4/h10-11,15H,5-8H2,1-4H3,(H,17,19). The molecule has 2 atom stereocenters. The monoisotopic (exact) mass is 296 g/mol. The Morgan fingerprint density at radius 1 is 1.38 bits per heavy atom. The summed E-state index contributed by atoms with van der Waals surface area (Å²) in [5.74, 6) is 1.23. The SMILES string of the molecule is Cc1noc(CNC2CCC(NC(=O)OC(C)(C)C)C2)n1. The predicted octanol–water partition coefficient (Wildman–Crippen LogP) is 1.91. The largest absolute Gasteiger partial charge is 0.444 e. The van der Waals surface area contributed by atoms with E-state index < -0.39 is 5.60 Å². The molecular formula is C14H24N4O3. The van der Waals surface area contributed by atoms with Crippen LogP contribution in [0.5, 0.6) is 0 Å². The fourth-order valence-corrected chi connectivity index (χ4v) is 2.42. The summed E-state index contributed by atoms with van der Waals surface area (Å²) in [4.78, 5) is 15.9. The Kier molecular flexibility index (Phi) is 4.82. The lowest BCUT2D eigenvalue weighted by Crippen LogP contribution is -2.38. The molecule has 1 saturated carbocycles. The molecule has 0 bridgehead atoms. The smallest absolute Gasteiger partial charge is 0.407 e. The van der Waals surface area contributed by atoms with E-state index in [4.69, 9.17) is 9.26 Å². The first kappa shape index (κ1) is 15.8. The summed E-state index contributed by atoms with van der Waals surface area (Å²) in [7, 11) is 0. The number of carbonyl (C=O) groups is 1. The van der Waals surface area contributed by atoms with Crippen LogP contribution in [0.4, 0.5) is 4.79 Å². The third-order valence-corrected chi connectivity index (χ3v) is 3.27. The second-order valence-electron chi connectivity index (χ2n) is 6.47. The van der Waals surface area contributed by atoms with E-state index in [1.165, 1.54) is 0 Å². The van der Waals surface area contributed by atoms with E-state index in [1.54, 1.807) is 6.92 Å².